The normalized spacial score (nSPS) is 10.7. The maximum absolute atomic E-state index is 12.8. The lowest BCUT2D eigenvalue weighted by Crippen LogP contribution is -2.09. The summed E-state index contributed by atoms with van der Waals surface area (Å²) in [6.45, 7) is 4.28. The Morgan fingerprint density at radius 1 is 0.966 bits per heavy atom. The molecule has 0 saturated carbocycles. The van der Waals surface area contributed by atoms with Crippen molar-refractivity contribution in [3.63, 3.8) is 0 Å². The van der Waals surface area contributed by atoms with Crippen molar-refractivity contribution in [3.05, 3.63) is 65.5 Å². The van der Waals surface area contributed by atoms with Gasteiger partial charge in [0.25, 0.3) is 0 Å². The number of aromatic nitrogens is 1. The van der Waals surface area contributed by atoms with Crippen molar-refractivity contribution < 1.29 is 23.8 Å². The van der Waals surface area contributed by atoms with Gasteiger partial charge in [0, 0.05) is 6.20 Å². The van der Waals surface area contributed by atoms with Crippen molar-refractivity contribution in [1.82, 2.24) is 4.40 Å². The second-order valence-electron chi connectivity index (χ2n) is 6.06. The molecule has 0 spiro atoms. The molecule has 0 N–H and O–H groups in total. The first-order valence-electron chi connectivity index (χ1n) is 9.34. The number of rotatable bonds is 8. The Morgan fingerprint density at radius 2 is 1.66 bits per heavy atom. The zero-order valence-electron chi connectivity index (χ0n) is 16.6. The lowest BCUT2D eigenvalue weighted by molar-refractivity contribution is 0.0514. The summed E-state index contributed by atoms with van der Waals surface area (Å²) in [5, 5.41) is 0. The molecule has 0 atom stereocenters. The van der Waals surface area contributed by atoms with E-state index in [9.17, 15) is 9.59 Å². The molecular formula is C22H23NO5S. The van der Waals surface area contributed by atoms with E-state index in [1.165, 1.54) is 11.8 Å². The Bertz CT molecular complexity index is 1010. The van der Waals surface area contributed by atoms with Crippen LogP contribution in [0, 0.1) is 0 Å². The highest BCUT2D eigenvalue weighted by Crippen LogP contribution is 2.37. The zero-order chi connectivity index (χ0) is 20.8. The molecule has 0 radical (unpaired) electrons. The van der Waals surface area contributed by atoms with Gasteiger partial charge in [-0.1, -0.05) is 30.3 Å². The summed E-state index contributed by atoms with van der Waals surface area (Å²) >= 11 is 1.30. The van der Waals surface area contributed by atoms with E-state index in [4.69, 9.17) is 14.2 Å². The van der Waals surface area contributed by atoms with E-state index < -0.39 is 11.9 Å². The van der Waals surface area contributed by atoms with Crippen LogP contribution >= 0.6 is 11.8 Å². The SMILES string of the molecule is CCOC(=O)c1c(SC)c(C(=O)OCC)n2cccc(OCc3ccccc3)c12. The van der Waals surface area contributed by atoms with Gasteiger partial charge in [0.2, 0.25) is 0 Å². The molecule has 0 bridgehead atoms. The average Bonchev–Trinajstić information content (AvgIpc) is 3.08. The summed E-state index contributed by atoms with van der Waals surface area (Å²) in [5.74, 6) is -0.506. The van der Waals surface area contributed by atoms with Gasteiger partial charge in [0.05, 0.1) is 18.1 Å². The van der Waals surface area contributed by atoms with Gasteiger partial charge in [-0.25, -0.2) is 9.59 Å². The molecule has 152 valence electrons. The first kappa shape index (κ1) is 20.8. The molecule has 0 aliphatic rings. The van der Waals surface area contributed by atoms with Crippen molar-refractivity contribution in [2.75, 3.05) is 19.5 Å². The summed E-state index contributed by atoms with van der Waals surface area (Å²) in [5.41, 5.74) is 2.09. The van der Waals surface area contributed by atoms with Crippen molar-refractivity contribution in [1.29, 1.82) is 0 Å². The number of carbonyl (C=O) groups is 2. The van der Waals surface area contributed by atoms with Crippen LogP contribution < -0.4 is 4.74 Å². The number of nitrogens with zero attached hydrogens (tertiary/aromatic N) is 1. The fraction of sp³-hybridized carbons (Fsp3) is 0.273. The van der Waals surface area contributed by atoms with Crippen LogP contribution in [-0.4, -0.2) is 35.8 Å². The molecule has 0 saturated heterocycles. The molecule has 0 unspecified atom stereocenters. The summed E-state index contributed by atoms with van der Waals surface area (Å²) in [6.07, 6.45) is 3.53. The minimum absolute atomic E-state index is 0.228. The van der Waals surface area contributed by atoms with Gasteiger partial charge in [0.15, 0.2) is 0 Å². The first-order valence-corrected chi connectivity index (χ1v) is 10.6. The predicted molar refractivity (Wildman–Crippen MR) is 112 cm³/mol. The number of thioether (sulfide) groups is 1. The molecule has 7 heteroatoms. The number of hydrogen-bond donors (Lipinski definition) is 0. The van der Waals surface area contributed by atoms with Gasteiger partial charge in [-0.3, -0.25) is 0 Å². The first-order chi connectivity index (χ1) is 14.1. The van der Waals surface area contributed by atoms with Crippen LogP contribution in [0.15, 0.2) is 53.6 Å². The van der Waals surface area contributed by atoms with Crippen LogP contribution in [-0.2, 0) is 16.1 Å². The van der Waals surface area contributed by atoms with E-state index in [1.807, 2.05) is 36.6 Å². The van der Waals surface area contributed by atoms with Gasteiger partial charge in [-0.05, 0) is 37.8 Å². The van der Waals surface area contributed by atoms with Crippen molar-refractivity contribution in [2.45, 2.75) is 25.3 Å². The topological polar surface area (TPSA) is 66.2 Å². The van der Waals surface area contributed by atoms with Crippen LogP contribution in [0.2, 0.25) is 0 Å². The molecule has 2 heterocycles. The van der Waals surface area contributed by atoms with E-state index in [0.717, 1.165) is 5.56 Å². The molecule has 0 aliphatic carbocycles. The third-order valence-electron chi connectivity index (χ3n) is 4.27. The molecule has 6 nitrogen and oxygen atoms in total. The van der Waals surface area contributed by atoms with E-state index in [-0.39, 0.29) is 13.2 Å². The minimum Gasteiger partial charge on any atom is -0.487 e. The minimum atomic E-state index is -0.499. The van der Waals surface area contributed by atoms with Crippen LogP contribution in [0.25, 0.3) is 5.52 Å². The molecule has 0 fully saturated rings. The molecule has 1 aromatic carbocycles. The van der Waals surface area contributed by atoms with Gasteiger partial charge in [0.1, 0.15) is 29.1 Å². The maximum Gasteiger partial charge on any atom is 0.356 e. The fourth-order valence-corrected chi connectivity index (χ4v) is 3.85. The third kappa shape index (κ3) is 4.24. The smallest absolute Gasteiger partial charge is 0.356 e. The Kier molecular flexibility index (Phi) is 6.82. The number of esters is 2. The molecule has 0 aliphatic heterocycles. The second-order valence-corrected chi connectivity index (χ2v) is 6.88. The van der Waals surface area contributed by atoms with Crippen LogP contribution in [0.4, 0.5) is 0 Å². The summed E-state index contributed by atoms with van der Waals surface area (Å²) in [6, 6.07) is 13.3. The standard InChI is InChI=1S/C22H23NO5S/c1-4-26-21(24)17-18-16(28-14-15-10-7-6-8-11-15)12-9-13-23(18)19(20(17)29-3)22(25)27-5-2/h6-13H,4-5,14H2,1-3H3. The van der Waals surface area contributed by atoms with Crippen molar-refractivity contribution in [2.24, 2.45) is 0 Å². The number of benzene rings is 1. The van der Waals surface area contributed by atoms with Gasteiger partial charge in [-0.2, -0.15) is 0 Å². The van der Waals surface area contributed by atoms with Crippen molar-refractivity contribution in [3.8, 4) is 5.75 Å². The molecule has 0 amide bonds. The molecule has 29 heavy (non-hydrogen) atoms. The fourth-order valence-electron chi connectivity index (χ4n) is 3.09. The molecule has 3 rings (SSSR count). The van der Waals surface area contributed by atoms with Gasteiger partial charge >= 0.3 is 11.9 Å². The molecular weight excluding hydrogens is 390 g/mol. The second kappa shape index (κ2) is 9.52. The summed E-state index contributed by atoms with van der Waals surface area (Å²) in [7, 11) is 0. The highest BCUT2D eigenvalue weighted by molar-refractivity contribution is 7.98. The Hall–Kier alpha value is -2.93. The van der Waals surface area contributed by atoms with E-state index in [0.29, 0.717) is 34.0 Å². The average molecular weight is 413 g/mol. The Morgan fingerprint density at radius 3 is 2.31 bits per heavy atom. The highest BCUT2D eigenvalue weighted by atomic mass is 32.2. The predicted octanol–water partition coefficient (Wildman–Crippen LogP) is 4.59. The quantitative estimate of drug-likeness (QED) is 0.397. The van der Waals surface area contributed by atoms with Crippen LogP contribution in [0.5, 0.6) is 5.75 Å². The maximum atomic E-state index is 12.8. The summed E-state index contributed by atoms with van der Waals surface area (Å²) < 4.78 is 18.2. The zero-order valence-corrected chi connectivity index (χ0v) is 17.5. The Labute approximate surface area is 173 Å². The number of carbonyl (C=O) groups excluding carboxylic acids is 2. The van der Waals surface area contributed by atoms with E-state index >= 15 is 0 Å². The van der Waals surface area contributed by atoms with E-state index in [2.05, 4.69) is 0 Å². The molecule has 2 aromatic heterocycles. The van der Waals surface area contributed by atoms with Gasteiger partial charge < -0.3 is 18.6 Å². The summed E-state index contributed by atoms with van der Waals surface area (Å²) in [4.78, 5) is 26.0. The number of hydrogen-bond acceptors (Lipinski definition) is 6. The highest BCUT2D eigenvalue weighted by Gasteiger charge is 2.30. The number of fused-ring (bicyclic) bond motifs is 1. The third-order valence-corrected chi connectivity index (χ3v) is 5.07. The number of pyridine rings is 1. The lowest BCUT2D eigenvalue weighted by atomic mass is 10.2. The van der Waals surface area contributed by atoms with Crippen molar-refractivity contribution >= 4 is 29.2 Å². The van der Waals surface area contributed by atoms with Gasteiger partial charge in [-0.15, -0.1) is 11.8 Å². The van der Waals surface area contributed by atoms with E-state index in [1.54, 1.807) is 36.6 Å². The lowest BCUT2D eigenvalue weighted by Gasteiger charge is -2.10. The monoisotopic (exact) mass is 413 g/mol. The molecule has 3 aromatic rings. The largest absolute Gasteiger partial charge is 0.487 e. The Balaban J connectivity index is 2.17. The number of ether oxygens (including phenoxy) is 3. The van der Waals surface area contributed by atoms with Crippen LogP contribution in [0.3, 0.4) is 0 Å². The van der Waals surface area contributed by atoms with Crippen LogP contribution in [0.1, 0.15) is 40.3 Å².